The molecule has 1 saturated heterocycles. The molecule has 6 rings (SSSR count). The predicted molar refractivity (Wildman–Crippen MR) is 118 cm³/mol. The minimum Gasteiger partial charge on any atom is -0.497 e. The average Bonchev–Trinajstić information content (AvgIpc) is 3.04. The summed E-state index contributed by atoms with van der Waals surface area (Å²) in [5, 5.41) is 3.12. The minimum atomic E-state index is -3.77. The van der Waals surface area contributed by atoms with Gasteiger partial charge in [0.15, 0.2) is 0 Å². The van der Waals surface area contributed by atoms with E-state index >= 15 is 0 Å². The van der Waals surface area contributed by atoms with Gasteiger partial charge >= 0.3 is 10.2 Å². The quantitative estimate of drug-likeness (QED) is 0.649. The van der Waals surface area contributed by atoms with Gasteiger partial charge in [0.25, 0.3) is 0 Å². The molecule has 4 saturated carbocycles. The summed E-state index contributed by atoms with van der Waals surface area (Å²) >= 11 is 0. The number of benzene rings is 1. The van der Waals surface area contributed by atoms with Crippen molar-refractivity contribution in [3.63, 3.8) is 0 Å². The first kappa shape index (κ1) is 21.5. The van der Waals surface area contributed by atoms with Gasteiger partial charge in [0.1, 0.15) is 5.75 Å². The third kappa shape index (κ3) is 3.44. The second-order valence-corrected chi connectivity index (χ2v) is 11.7. The molecule has 1 heterocycles. The summed E-state index contributed by atoms with van der Waals surface area (Å²) in [6.07, 6.45) is 4.35. The number of nitrogens with two attached hydrogens (primary N) is 1. The Labute approximate surface area is 188 Å². The Morgan fingerprint density at radius 1 is 1.12 bits per heavy atom. The highest BCUT2D eigenvalue weighted by Crippen LogP contribution is 2.59. The van der Waals surface area contributed by atoms with Gasteiger partial charge in [0.05, 0.1) is 19.3 Å². The van der Waals surface area contributed by atoms with Gasteiger partial charge in [0, 0.05) is 24.5 Å². The number of hydrogen-bond donors (Lipinski definition) is 2. The molecule has 1 aliphatic heterocycles. The minimum absolute atomic E-state index is 0.00507. The number of carbonyl (C=O) groups is 2. The number of methoxy groups -OCH3 is 1. The van der Waals surface area contributed by atoms with Crippen molar-refractivity contribution >= 4 is 27.7 Å². The Kier molecular flexibility index (Phi) is 5.12. The van der Waals surface area contributed by atoms with Crippen LogP contribution < -0.4 is 20.1 Å². The van der Waals surface area contributed by atoms with Crippen LogP contribution in [0, 0.1) is 23.2 Å². The van der Waals surface area contributed by atoms with E-state index in [1.807, 2.05) is 0 Å². The molecule has 4 aliphatic carbocycles. The van der Waals surface area contributed by atoms with E-state index in [0.717, 1.165) is 32.1 Å². The second kappa shape index (κ2) is 7.62. The van der Waals surface area contributed by atoms with Crippen molar-refractivity contribution in [3.8, 4) is 5.75 Å². The summed E-state index contributed by atoms with van der Waals surface area (Å²) in [6, 6.07) is 6.82. The third-order valence-corrected chi connectivity index (χ3v) is 9.88. The summed E-state index contributed by atoms with van der Waals surface area (Å²) in [5.74, 6) is 1.15. The van der Waals surface area contributed by atoms with Crippen LogP contribution in [0.4, 0.5) is 5.69 Å². The molecule has 4 bridgehead atoms. The van der Waals surface area contributed by atoms with Crippen LogP contribution in [-0.2, 0) is 19.8 Å². The Balaban J connectivity index is 1.24. The molecule has 3 N–H and O–H groups in total. The largest absolute Gasteiger partial charge is 0.497 e. The molecular formula is C22H30N4O5S. The zero-order valence-corrected chi connectivity index (χ0v) is 19.0. The summed E-state index contributed by atoms with van der Waals surface area (Å²) in [7, 11) is -2.22. The normalized spacial score (nSPS) is 35.1. The molecule has 5 fully saturated rings. The molecule has 5 aliphatic rings. The highest BCUT2D eigenvalue weighted by Gasteiger charge is 2.58. The van der Waals surface area contributed by atoms with Crippen LogP contribution in [-0.4, -0.2) is 57.3 Å². The lowest BCUT2D eigenvalue weighted by molar-refractivity contribution is -0.147. The molecule has 10 heteroatoms. The number of nitrogens with zero attached hydrogens (tertiary/aromatic N) is 2. The Bertz CT molecular complexity index is 1010. The van der Waals surface area contributed by atoms with Crippen LogP contribution in [0.5, 0.6) is 5.75 Å². The number of anilines is 1. The van der Waals surface area contributed by atoms with Crippen molar-refractivity contribution in [2.24, 2.45) is 28.9 Å². The van der Waals surface area contributed by atoms with Crippen LogP contribution in [0.25, 0.3) is 0 Å². The number of carbonyl (C=O) groups excluding carboxylic acids is 2. The summed E-state index contributed by atoms with van der Waals surface area (Å²) in [6.45, 7) is 0.348. The molecule has 2 atom stereocenters. The van der Waals surface area contributed by atoms with Gasteiger partial charge in [-0.05, 0) is 74.1 Å². The first-order chi connectivity index (χ1) is 15.2. The maximum Gasteiger partial charge on any atom is 0.304 e. The van der Waals surface area contributed by atoms with E-state index in [1.165, 1.54) is 8.61 Å². The van der Waals surface area contributed by atoms with E-state index < -0.39 is 15.6 Å². The van der Waals surface area contributed by atoms with Gasteiger partial charge in [0.2, 0.25) is 11.8 Å². The van der Waals surface area contributed by atoms with Gasteiger partial charge in [-0.2, -0.15) is 12.7 Å². The molecule has 32 heavy (non-hydrogen) atoms. The maximum absolute atomic E-state index is 13.0. The average molecular weight is 463 g/mol. The van der Waals surface area contributed by atoms with E-state index in [-0.39, 0.29) is 42.8 Å². The highest BCUT2D eigenvalue weighted by atomic mass is 32.2. The monoisotopic (exact) mass is 462 g/mol. The molecule has 1 aromatic rings. The Hall–Kier alpha value is -2.33. The summed E-state index contributed by atoms with van der Waals surface area (Å²) < 4.78 is 33.7. The van der Waals surface area contributed by atoms with Gasteiger partial charge in [-0.25, -0.2) is 0 Å². The highest BCUT2D eigenvalue weighted by molar-refractivity contribution is 7.90. The fraction of sp³-hybridized carbons (Fsp3) is 0.636. The Morgan fingerprint density at radius 2 is 1.78 bits per heavy atom. The maximum atomic E-state index is 13.0. The molecule has 9 nitrogen and oxygen atoms in total. The topological polar surface area (TPSA) is 122 Å². The van der Waals surface area contributed by atoms with Crippen LogP contribution >= 0.6 is 0 Å². The van der Waals surface area contributed by atoms with Crippen LogP contribution in [0.3, 0.4) is 0 Å². The zero-order valence-electron chi connectivity index (χ0n) is 18.2. The van der Waals surface area contributed by atoms with Crippen LogP contribution in [0.15, 0.2) is 24.3 Å². The SMILES string of the molecule is COc1ccc(N2CCN(CC(=O)NC3C4CC5CC3CC(C(N)=O)(C5)C4)S2(=O)=O)cc1. The fourth-order valence-corrected chi connectivity index (χ4v) is 8.27. The van der Waals surface area contributed by atoms with Crippen LogP contribution in [0.2, 0.25) is 0 Å². The van der Waals surface area contributed by atoms with Crippen molar-refractivity contribution in [3.05, 3.63) is 24.3 Å². The molecule has 2 unspecified atom stereocenters. The first-order valence-corrected chi connectivity index (χ1v) is 12.6. The van der Waals surface area contributed by atoms with E-state index in [9.17, 15) is 18.0 Å². The third-order valence-electron chi connectivity index (χ3n) is 7.96. The summed E-state index contributed by atoms with van der Waals surface area (Å²) in [5.41, 5.74) is 5.88. The Morgan fingerprint density at radius 3 is 2.38 bits per heavy atom. The molecule has 0 spiro atoms. The second-order valence-electron chi connectivity index (χ2n) is 9.82. The van der Waals surface area contributed by atoms with E-state index in [2.05, 4.69) is 5.32 Å². The van der Waals surface area contributed by atoms with Gasteiger partial charge < -0.3 is 15.8 Å². The number of ether oxygens (including phenoxy) is 1. The van der Waals surface area contributed by atoms with E-state index in [4.69, 9.17) is 10.5 Å². The van der Waals surface area contributed by atoms with E-state index in [1.54, 1.807) is 31.4 Å². The number of rotatable bonds is 6. The molecule has 174 valence electrons. The van der Waals surface area contributed by atoms with Gasteiger partial charge in [-0.3, -0.25) is 13.9 Å². The van der Waals surface area contributed by atoms with Crippen molar-refractivity contribution in [2.45, 2.75) is 38.1 Å². The number of hydrogen-bond acceptors (Lipinski definition) is 5. The lowest BCUT2D eigenvalue weighted by Gasteiger charge is -2.58. The number of nitrogens with one attached hydrogen (secondary N) is 1. The standard InChI is InChI=1S/C22H30N4O5S/c1-31-18-4-2-17(3-5-18)26-7-6-25(32(26,29)30)13-19(27)24-20-15-8-14-9-16(20)12-22(10-14,11-15)21(23)28/h2-5,14-16,20H,6-13H2,1H3,(H2,23,28)(H,24,27). The molecule has 2 amide bonds. The predicted octanol–water partition coefficient (Wildman–Crippen LogP) is 0.858. The van der Waals surface area contributed by atoms with Gasteiger partial charge in [-0.1, -0.05) is 0 Å². The van der Waals surface area contributed by atoms with Gasteiger partial charge in [-0.15, -0.1) is 0 Å². The lowest BCUT2D eigenvalue weighted by atomic mass is 9.47. The molecule has 1 aromatic carbocycles. The smallest absolute Gasteiger partial charge is 0.304 e. The van der Waals surface area contributed by atoms with E-state index in [0.29, 0.717) is 23.9 Å². The number of primary amides is 1. The van der Waals surface area contributed by atoms with Crippen molar-refractivity contribution in [2.75, 3.05) is 31.0 Å². The molecule has 0 aromatic heterocycles. The first-order valence-electron chi connectivity index (χ1n) is 11.2. The summed E-state index contributed by atoms with van der Waals surface area (Å²) in [4.78, 5) is 25.0. The van der Waals surface area contributed by atoms with Crippen molar-refractivity contribution < 1.29 is 22.7 Å². The van der Waals surface area contributed by atoms with Crippen LogP contribution in [0.1, 0.15) is 32.1 Å². The van der Waals surface area contributed by atoms with Crippen molar-refractivity contribution in [1.82, 2.24) is 9.62 Å². The zero-order chi connectivity index (χ0) is 22.7. The van der Waals surface area contributed by atoms with Crippen molar-refractivity contribution in [1.29, 1.82) is 0 Å². The molecular weight excluding hydrogens is 432 g/mol. The molecule has 0 radical (unpaired) electrons. The fourth-order valence-electron chi connectivity index (χ4n) is 6.70. The lowest BCUT2D eigenvalue weighted by Crippen LogP contribution is -2.62. The number of amides is 2.